The van der Waals surface area contributed by atoms with Crippen molar-refractivity contribution in [2.75, 3.05) is 5.32 Å². The van der Waals surface area contributed by atoms with Crippen LogP contribution in [0, 0.1) is 17.5 Å². The molecule has 1 N–H and O–H groups in total. The highest BCUT2D eigenvalue weighted by atomic mass is 19.1. The number of amides is 2. The maximum atomic E-state index is 14.9. The summed E-state index contributed by atoms with van der Waals surface area (Å²) in [6.45, 7) is -0.143. The van der Waals surface area contributed by atoms with E-state index in [-0.39, 0.29) is 23.6 Å². The number of furan rings is 1. The van der Waals surface area contributed by atoms with Crippen molar-refractivity contribution in [3.05, 3.63) is 126 Å². The van der Waals surface area contributed by atoms with E-state index in [0.29, 0.717) is 5.56 Å². The number of carbonyl (C=O) groups excluding carboxylic acids is 2. The molecule has 0 spiro atoms. The zero-order valence-corrected chi connectivity index (χ0v) is 17.8. The lowest BCUT2D eigenvalue weighted by atomic mass is 10.0. The Bertz CT molecular complexity index is 1270. The van der Waals surface area contributed by atoms with E-state index < -0.39 is 35.3 Å². The van der Waals surface area contributed by atoms with Crippen molar-refractivity contribution in [2.24, 2.45) is 0 Å². The molecule has 0 saturated carbocycles. The van der Waals surface area contributed by atoms with E-state index in [0.717, 1.165) is 17.0 Å². The Hall–Kier alpha value is -4.33. The highest BCUT2D eigenvalue weighted by Crippen LogP contribution is 2.29. The third kappa shape index (κ3) is 5.17. The summed E-state index contributed by atoms with van der Waals surface area (Å²) in [6.07, 6.45) is 1.31. The molecule has 2 amide bonds. The fourth-order valence-electron chi connectivity index (χ4n) is 3.50. The summed E-state index contributed by atoms with van der Waals surface area (Å²) >= 11 is 0. The predicted octanol–water partition coefficient (Wildman–Crippen LogP) is 5.72. The third-order valence-corrected chi connectivity index (χ3v) is 5.13. The molecule has 0 radical (unpaired) electrons. The summed E-state index contributed by atoms with van der Waals surface area (Å²) in [5.74, 6) is -3.10. The number of benzene rings is 3. The maximum Gasteiger partial charge on any atom is 0.290 e. The Morgan fingerprint density at radius 1 is 0.824 bits per heavy atom. The Morgan fingerprint density at radius 3 is 2.09 bits per heavy atom. The van der Waals surface area contributed by atoms with Gasteiger partial charge in [-0.05, 0) is 60.2 Å². The van der Waals surface area contributed by atoms with Crippen molar-refractivity contribution in [1.82, 2.24) is 4.90 Å². The Kier molecular flexibility index (Phi) is 6.77. The van der Waals surface area contributed by atoms with Crippen LogP contribution in [0.4, 0.5) is 18.9 Å². The fourth-order valence-corrected chi connectivity index (χ4v) is 3.50. The highest BCUT2D eigenvalue weighted by molar-refractivity contribution is 6.00. The van der Waals surface area contributed by atoms with Crippen LogP contribution < -0.4 is 5.32 Å². The fraction of sp³-hybridized carbons (Fsp3) is 0.0769. The van der Waals surface area contributed by atoms with Crippen LogP contribution in [0.15, 0.2) is 95.6 Å². The molecule has 0 saturated heterocycles. The minimum atomic E-state index is -1.42. The van der Waals surface area contributed by atoms with Crippen molar-refractivity contribution in [1.29, 1.82) is 0 Å². The molecule has 5 nitrogen and oxygen atoms in total. The van der Waals surface area contributed by atoms with Gasteiger partial charge >= 0.3 is 0 Å². The summed E-state index contributed by atoms with van der Waals surface area (Å²) in [4.78, 5) is 28.0. The lowest BCUT2D eigenvalue weighted by molar-refractivity contribution is -0.121. The van der Waals surface area contributed by atoms with Crippen LogP contribution in [0.3, 0.4) is 0 Å². The van der Waals surface area contributed by atoms with Gasteiger partial charge in [-0.3, -0.25) is 9.59 Å². The maximum absolute atomic E-state index is 14.9. The van der Waals surface area contributed by atoms with Crippen LogP contribution in [0.25, 0.3) is 0 Å². The molecule has 0 aliphatic rings. The number of hydrogen-bond acceptors (Lipinski definition) is 3. The second kappa shape index (κ2) is 10.1. The smallest absolute Gasteiger partial charge is 0.290 e. The summed E-state index contributed by atoms with van der Waals surface area (Å²) in [6, 6.07) is 17.5. The first-order valence-corrected chi connectivity index (χ1v) is 10.3. The van der Waals surface area contributed by atoms with Crippen LogP contribution in [-0.4, -0.2) is 16.7 Å². The Labute approximate surface area is 193 Å². The van der Waals surface area contributed by atoms with E-state index in [1.807, 2.05) is 0 Å². The molecule has 0 fully saturated rings. The van der Waals surface area contributed by atoms with Crippen LogP contribution >= 0.6 is 0 Å². The van der Waals surface area contributed by atoms with Crippen LogP contribution in [0.2, 0.25) is 0 Å². The van der Waals surface area contributed by atoms with E-state index >= 15 is 0 Å². The quantitative estimate of drug-likeness (QED) is 0.381. The van der Waals surface area contributed by atoms with Gasteiger partial charge in [-0.1, -0.05) is 30.3 Å². The van der Waals surface area contributed by atoms with Gasteiger partial charge in [0.25, 0.3) is 11.8 Å². The largest absolute Gasteiger partial charge is 0.459 e. The number of hydrogen-bond donors (Lipinski definition) is 1. The van der Waals surface area contributed by atoms with Crippen molar-refractivity contribution in [3.63, 3.8) is 0 Å². The average molecular weight is 464 g/mol. The second-order valence-corrected chi connectivity index (χ2v) is 7.46. The molecule has 3 aromatic carbocycles. The number of carbonyl (C=O) groups is 2. The lowest BCUT2D eigenvalue weighted by Gasteiger charge is -2.31. The Morgan fingerprint density at radius 2 is 1.47 bits per heavy atom. The normalized spacial score (nSPS) is 11.6. The summed E-state index contributed by atoms with van der Waals surface area (Å²) in [5.41, 5.74) is 0.723. The molecular weight excluding hydrogens is 445 g/mol. The minimum Gasteiger partial charge on any atom is -0.459 e. The molecule has 0 unspecified atom stereocenters. The molecule has 1 aromatic heterocycles. The SMILES string of the molecule is O=C(Nc1ccc(F)cc1)[C@H](c1ccccc1F)N(Cc1ccc(F)cc1)C(=O)c1ccco1. The molecular formula is C26H19F3N2O3. The van der Waals surface area contributed by atoms with Crippen molar-refractivity contribution in [2.45, 2.75) is 12.6 Å². The average Bonchev–Trinajstić information content (AvgIpc) is 3.37. The highest BCUT2D eigenvalue weighted by Gasteiger charge is 2.35. The Balaban J connectivity index is 1.78. The van der Waals surface area contributed by atoms with E-state index in [1.165, 1.54) is 73.0 Å². The van der Waals surface area contributed by atoms with Gasteiger partial charge in [-0.25, -0.2) is 13.2 Å². The second-order valence-electron chi connectivity index (χ2n) is 7.46. The molecule has 1 heterocycles. The van der Waals surface area contributed by atoms with Crippen molar-refractivity contribution >= 4 is 17.5 Å². The lowest BCUT2D eigenvalue weighted by Crippen LogP contribution is -2.41. The van der Waals surface area contributed by atoms with Gasteiger partial charge in [0.2, 0.25) is 0 Å². The first-order valence-electron chi connectivity index (χ1n) is 10.3. The molecule has 4 aromatic rings. The first-order chi connectivity index (χ1) is 16.4. The summed E-state index contributed by atoms with van der Waals surface area (Å²) in [5, 5.41) is 2.61. The zero-order chi connectivity index (χ0) is 24.1. The predicted molar refractivity (Wildman–Crippen MR) is 119 cm³/mol. The number of nitrogens with zero attached hydrogens (tertiary/aromatic N) is 1. The van der Waals surface area contributed by atoms with Crippen molar-refractivity contribution in [3.8, 4) is 0 Å². The van der Waals surface area contributed by atoms with E-state index in [1.54, 1.807) is 6.07 Å². The first kappa shape index (κ1) is 22.8. The molecule has 0 aliphatic heterocycles. The summed E-state index contributed by atoms with van der Waals surface area (Å²) < 4.78 is 46.9. The topological polar surface area (TPSA) is 62.6 Å². The molecule has 172 valence electrons. The molecule has 1 atom stereocenters. The molecule has 0 aliphatic carbocycles. The van der Waals surface area contributed by atoms with Crippen LogP contribution in [0.5, 0.6) is 0 Å². The van der Waals surface area contributed by atoms with Gasteiger partial charge in [-0.2, -0.15) is 0 Å². The number of halogens is 3. The number of nitrogens with one attached hydrogen (secondary N) is 1. The van der Waals surface area contributed by atoms with Gasteiger partial charge in [-0.15, -0.1) is 0 Å². The van der Waals surface area contributed by atoms with Gasteiger partial charge in [0.05, 0.1) is 6.26 Å². The van der Waals surface area contributed by atoms with E-state index in [9.17, 15) is 22.8 Å². The van der Waals surface area contributed by atoms with Gasteiger partial charge in [0.15, 0.2) is 5.76 Å². The van der Waals surface area contributed by atoms with Crippen LogP contribution in [-0.2, 0) is 11.3 Å². The standard InChI is InChI=1S/C26H19F3N2O3/c27-18-9-7-17(8-10-18)16-31(26(33)23-6-3-15-34-23)24(21-4-1-2-5-22(21)29)25(32)30-20-13-11-19(28)12-14-20/h1-15,24H,16H2,(H,30,32)/t24-/m0/s1. The zero-order valence-electron chi connectivity index (χ0n) is 17.8. The monoisotopic (exact) mass is 464 g/mol. The molecule has 34 heavy (non-hydrogen) atoms. The van der Waals surface area contributed by atoms with E-state index in [2.05, 4.69) is 5.32 Å². The van der Waals surface area contributed by atoms with Gasteiger partial charge in [0.1, 0.15) is 23.5 Å². The van der Waals surface area contributed by atoms with E-state index in [4.69, 9.17) is 4.42 Å². The number of rotatable bonds is 7. The van der Waals surface area contributed by atoms with Crippen molar-refractivity contribution < 1.29 is 27.2 Å². The van der Waals surface area contributed by atoms with Crippen LogP contribution in [0.1, 0.15) is 27.7 Å². The third-order valence-electron chi connectivity index (χ3n) is 5.13. The van der Waals surface area contributed by atoms with Gasteiger partial charge in [0, 0.05) is 17.8 Å². The minimum absolute atomic E-state index is 0.0517. The molecule has 4 rings (SSSR count). The molecule has 8 heteroatoms. The molecule has 0 bridgehead atoms. The number of anilines is 1. The summed E-state index contributed by atoms with van der Waals surface area (Å²) in [7, 11) is 0. The van der Waals surface area contributed by atoms with Gasteiger partial charge < -0.3 is 14.6 Å².